The average molecular weight is 364 g/mol. The quantitative estimate of drug-likeness (QED) is 0.685. The predicted molar refractivity (Wildman–Crippen MR) is 98.2 cm³/mol. The highest BCUT2D eigenvalue weighted by Crippen LogP contribution is 2.22. The van der Waals surface area contributed by atoms with Gasteiger partial charge in [0.15, 0.2) is 0 Å². The van der Waals surface area contributed by atoms with Crippen LogP contribution in [0, 0.1) is 0 Å². The van der Waals surface area contributed by atoms with Gasteiger partial charge in [-0.15, -0.1) is 0 Å². The van der Waals surface area contributed by atoms with Gasteiger partial charge in [0.05, 0.1) is 29.5 Å². The zero-order valence-electron chi connectivity index (χ0n) is 14.3. The van der Waals surface area contributed by atoms with Crippen LogP contribution in [0.4, 0.5) is 11.4 Å². The fourth-order valence-electron chi connectivity index (χ4n) is 2.99. The molecule has 0 saturated carbocycles. The number of anilines is 2. The monoisotopic (exact) mass is 364 g/mol. The zero-order chi connectivity index (χ0) is 18.8. The number of carbonyl (C=O) groups excluding carboxylic acids is 3. The normalized spacial score (nSPS) is 14.6. The van der Waals surface area contributed by atoms with Crippen LogP contribution < -0.4 is 10.2 Å². The molecule has 4 rings (SSSR count). The van der Waals surface area contributed by atoms with Crippen LogP contribution in [0.3, 0.4) is 0 Å². The van der Waals surface area contributed by atoms with Crippen LogP contribution >= 0.6 is 0 Å². The highest BCUT2D eigenvalue weighted by Gasteiger charge is 2.28. The second kappa shape index (κ2) is 7.00. The molecule has 0 aliphatic carbocycles. The molecule has 3 amide bonds. The van der Waals surface area contributed by atoms with Crippen LogP contribution in [0.5, 0.6) is 0 Å². The van der Waals surface area contributed by atoms with Gasteiger partial charge >= 0.3 is 0 Å². The molecule has 0 radical (unpaired) electrons. The Bertz CT molecular complexity index is 1030. The van der Waals surface area contributed by atoms with Crippen LogP contribution in [-0.4, -0.2) is 40.9 Å². The van der Waals surface area contributed by atoms with Crippen molar-refractivity contribution in [3.8, 4) is 0 Å². The molecule has 1 aliphatic rings. The lowest BCUT2D eigenvalue weighted by Crippen LogP contribution is -2.46. The number of ether oxygens (including phenoxy) is 1. The highest BCUT2D eigenvalue weighted by molar-refractivity contribution is 6.17. The number of rotatable bonds is 4. The number of aromatic nitrogens is 2. The van der Waals surface area contributed by atoms with Gasteiger partial charge in [0.1, 0.15) is 13.2 Å². The maximum absolute atomic E-state index is 12.4. The van der Waals surface area contributed by atoms with E-state index in [1.165, 1.54) is 0 Å². The van der Waals surface area contributed by atoms with Gasteiger partial charge in [0.2, 0.25) is 5.91 Å². The van der Waals surface area contributed by atoms with E-state index in [1.54, 1.807) is 30.6 Å². The lowest BCUT2D eigenvalue weighted by molar-refractivity contribution is -0.138. The Hall–Kier alpha value is -3.52. The molecule has 2 heterocycles. The number of carbonyl (C=O) groups is 3. The minimum absolute atomic E-state index is 0.140. The van der Waals surface area contributed by atoms with E-state index in [0.717, 1.165) is 21.5 Å². The minimum atomic E-state index is -0.428. The fraction of sp³-hybridized carbons (Fsp3) is 0.158. The van der Waals surface area contributed by atoms with E-state index in [9.17, 15) is 14.4 Å². The number of hydrogen-bond donors (Lipinski definition) is 2. The number of hydrogen-bond acceptors (Lipinski definition) is 5. The Morgan fingerprint density at radius 3 is 2.78 bits per heavy atom. The van der Waals surface area contributed by atoms with Gasteiger partial charge in [-0.2, -0.15) is 0 Å². The Morgan fingerprint density at radius 1 is 1.15 bits per heavy atom. The molecule has 0 bridgehead atoms. The molecule has 3 aromatic rings. The van der Waals surface area contributed by atoms with Crippen LogP contribution in [0.15, 0.2) is 48.8 Å². The second-order valence-corrected chi connectivity index (χ2v) is 6.15. The van der Waals surface area contributed by atoms with E-state index in [1.807, 2.05) is 18.2 Å². The maximum Gasteiger partial charge on any atom is 0.259 e. The van der Waals surface area contributed by atoms with Crippen molar-refractivity contribution >= 4 is 40.1 Å². The molecular formula is C19H16N4O4. The number of amides is 3. The Labute approximate surface area is 154 Å². The topological polar surface area (TPSA) is 104 Å². The number of fused-ring (bicyclic) bond motifs is 1. The molecule has 1 aliphatic heterocycles. The first-order valence-electron chi connectivity index (χ1n) is 8.35. The number of aromatic amines is 1. The van der Waals surface area contributed by atoms with Crippen molar-refractivity contribution in [3.05, 3.63) is 54.4 Å². The van der Waals surface area contributed by atoms with E-state index >= 15 is 0 Å². The summed E-state index contributed by atoms with van der Waals surface area (Å²) in [4.78, 5) is 44.5. The molecule has 1 fully saturated rings. The molecule has 1 saturated heterocycles. The van der Waals surface area contributed by atoms with Crippen LogP contribution in [0.25, 0.3) is 11.0 Å². The predicted octanol–water partition coefficient (Wildman–Crippen LogP) is 1.63. The average Bonchev–Trinajstić information content (AvgIpc) is 3.09. The van der Waals surface area contributed by atoms with Gasteiger partial charge in [-0.25, -0.2) is 9.88 Å². The molecule has 8 nitrogen and oxygen atoms in total. The lowest BCUT2D eigenvalue weighted by Gasteiger charge is -2.25. The van der Waals surface area contributed by atoms with Crippen LogP contribution in [0.2, 0.25) is 0 Å². The third kappa shape index (κ3) is 3.56. The largest absolute Gasteiger partial charge is 0.362 e. The summed E-state index contributed by atoms with van der Waals surface area (Å²) in [5.41, 5.74) is 3.47. The summed E-state index contributed by atoms with van der Waals surface area (Å²) in [6.07, 6.45) is 1.79. The zero-order valence-corrected chi connectivity index (χ0v) is 14.3. The molecule has 2 aromatic carbocycles. The lowest BCUT2D eigenvalue weighted by atomic mass is 10.1. The Balaban J connectivity index is 1.48. The SMILES string of the molecule is O=C(Cc1ccc2nc[nH]c2c1)Nc1cccc(N2C(=O)COCC2=O)c1. The van der Waals surface area contributed by atoms with E-state index in [4.69, 9.17) is 4.74 Å². The summed E-state index contributed by atoms with van der Waals surface area (Å²) in [7, 11) is 0. The van der Waals surface area contributed by atoms with E-state index in [0.29, 0.717) is 11.4 Å². The van der Waals surface area contributed by atoms with Crippen molar-refractivity contribution in [2.24, 2.45) is 0 Å². The molecule has 0 atom stereocenters. The van der Waals surface area contributed by atoms with Gasteiger partial charge in [0, 0.05) is 5.69 Å². The Morgan fingerprint density at radius 2 is 1.96 bits per heavy atom. The molecule has 0 unspecified atom stereocenters. The number of H-pyrrole nitrogens is 1. The molecule has 27 heavy (non-hydrogen) atoms. The number of imide groups is 1. The maximum atomic E-state index is 12.4. The smallest absolute Gasteiger partial charge is 0.259 e. The highest BCUT2D eigenvalue weighted by atomic mass is 16.5. The van der Waals surface area contributed by atoms with Crippen molar-refractivity contribution < 1.29 is 19.1 Å². The summed E-state index contributed by atoms with van der Waals surface area (Å²) in [5, 5.41) is 2.80. The van der Waals surface area contributed by atoms with E-state index in [2.05, 4.69) is 15.3 Å². The molecule has 2 N–H and O–H groups in total. The number of nitrogens with zero attached hydrogens (tertiary/aromatic N) is 2. The Kier molecular flexibility index (Phi) is 4.39. The summed E-state index contributed by atoms with van der Waals surface area (Å²) in [6, 6.07) is 12.2. The first-order valence-corrected chi connectivity index (χ1v) is 8.35. The van der Waals surface area contributed by atoms with Crippen molar-refractivity contribution in [1.82, 2.24) is 9.97 Å². The second-order valence-electron chi connectivity index (χ2n) is 6.15. The van der Waals surface area contributed by atoms with E-state index in [-0.39, 0.29) is 25.5 Å². The molecule has 8 heteroatoms. The standard InChI is InChI=1S/C19H16N4O4/c24-17(7-12-4-5-15-16(6-12)21-11-20-15)22-13-2-1-3-14(8-13)23-18(25)9-27-10-19(23)26/h1-6,8,11H,7,9-10H2,(H,20,21)(H,22,24). The third-order valence-electron chi connectivity index (χ3n) is 4.19. The van der Waals surface area contributed by atoms with Gasteiger partial charge in [0.25, 0.3) is 11.8 Å². The first-order chi connectivity index (χ1) is 13.1. The van der Waals surface area contributed by atoms with E-state index < -0.39 is 11.8 Å². The first kappa shape index (κ1) is 16.9. The third-order valence-corrected chi connectivity index (χ3v) is 4.19. The van der Waals surface area contributed by atoms with Crippen LogP contribution in [-0.2, 0) is 25.5 Å². The van der Waals surface area contributed by atoms with Gasteiger partial charge < -0.3 is 15.0 Å². The molecule has 136 valence electrons. The summed E-state index contributed by atoms with van der Waals surface area (Å²) >= 11 is 0. The van der Waals surface area contributed by atoms with Crippen molar-refractivity contribution in [2.45, 2.75) is 6.42 Å². The van der Waals surface area contributed by atoms with Crippen molar-refractivity contribution in [3.63, 3.8) is 0 Å². The number of morpholine rings is 1. The minimum Gasteiger partial charge on any atom is -0.362 e. The van der Waals surface area contributed by atoms with Crippen LogP contribution in [0.1, 0.15) is 5.56 Å². The summed E-state index contributed by atoms with van der Waals surface area (Å²) < 4.78 is 4.91. The van der Waals surface area contributed by atoms with Crippen molar-refractivity contribution in [1.29, 1.82) is 0 Å². The summed E-state index contributed by atoms with van der Waals surface area (Å²) in [5.74, 6) is -1.06. The molecular weight excluding hydrogens is 348 g/mol. The van der Waals surface area contributed by atoms with Gasteiger partial charge in [-0.3, -0.25) is 14.4 Å². The fourth-order valence-corrected chi connectivity index (χ4v) is 2.99. The van der Waals surface area contributed by atoms with Crippen molar-refractivity contribution in [2.75, 3.05) is 23.4 Å². The molecule has 1 aromatic heterocycles. The molecule has 0 spiro atoms. The number of benzene rings is 2. The van der Waals surface area contributed by atoms with Gasteiger partial charge in [-0.1, -0.05) is 12.1 Å². The number of imidazole rings is 1. The number of nitrogens with one attached hydrogen (secondary N) is 2. The summed E-state index contributed by atoms with van der Waals surface area (Å²) in [6.45, 7) is -0.281. The van der Waals surface area contributed by atoms with Gasteiger partial charge in [-0.05, 0) is 35.9 Å².